The minimum Gasteiger partial charge on any atom is -0.317 e. The van der Waals surface area contributed by atoms with Crippen LogP contribution in [0.4, 0.5) is 11.4 Å². The molecule has 2 heterocycles. The fraction of sp³-hybridized carbons (Fsp3) is 0.278. The zero-order valence-electron chi connectivity index (χ0n) is 12.3. The van der Waals surface area contributed by atoms with Crippen LogP contribution < -0.4 is 10.2 Å². The second-order valence-corrected chi connectivity index (χ2v) is 5.83. The van der Waals surface area contributed by atoms with Crippen LogP contribution >= 0.6 is 12.4 Å². The molecule has 0 saturated carbocycles. The lowest BCUT2D eigenvalue weighted by Gasteiger charge is -2.33. The summed E-state index contributed by atoms with van der Waals surface area (Å²) in [5.74, 6) is 0.233. The minimum absolute atomic E-state index is 0. The van der Waals surface area contributed by atoms with Crippen molar-refractivity contribution in [3.05, 3.63) is 60.2 Å². The molecule has 3 nitrogen and oxygen atoms in total. The molecule has 1 amide bonds. The van der Waals surface area contributed by atoms with Gasteiger partial charge in [0.05, 0.1) is 11.1 Å². The van der Waals surface area contributed by atoms with E-state index in [2.05, 4.69) is 17.4 Å². The zero-order valence-corrected chi connectivity index (χ0v) is 13.1. The SMILES string of the molecule is Cl.O=C1N(c2ccccc2)c2ccccc2C12CCNCC2. The number of benzene rings is 2. The monoisotopic (exact) mass is 314 g/mol. The number of piperidine rings is 1. The van der Waals surface area contributed by atoms with E-state index in [4.69, 9.17) is 0 Å². The molecule has 22 heavy (non-hydrogen) atoms. The summed E-state index contributed by atoms with van der Waals surface area (Å²) < 4.78 is 0. The van der Waals surface area contributed by atoms with E-state index < -0.39 is 0 Å². The van der Waals surface area contributed by atoms with E-state index in [1.807, 2.05) is 47.4 Å². The molecule has 2 aromatic carbocycles. The Morgan fingerprint density at radius 2 is 1.55 bits per heavy atom. The van der Waals surface area contributed by atoms with Gasteiger partial charge in [0.2, 0.25) is 5.91 Å². The van der Waals surface area contributed by atoms with Crippen LogP contribution in [-0.2, 0) is 10.2 Å². The number of nitrogens with one attached hydrogen (secondary N) is 1. The van der Waals surface area contributed by atoms with Crippen molar-refractivity contribution in [1.82, 2.24) is 5.32 Å². The van der Waals surface area contributed by atoms with Gasteiger partial charge in [0.25, 0.3) is 0 Å². The van der Waals surface area contributed by atoms with Crippen molar-refractivity contribution in [1.29, 1.82) is 0 Å². The van der Waals surface area contributed by atoms with Crippen LogP contribution in [0.15, 0.2) is 54.6 Å². The summed E-state index contributed by atoms with van der Waals surface area (Å²) in [5, 5.41) is 3.37. The zero-order chi connectivity index (χ0) is 14.3. The van der Waals surface area contributed by atoms with E-state index in [1.54, 1.807) is 0 Å². The third-order valence-electron chi connectivity index (χ3n) is 4.74. The van der Waals surface area contributed by atoms with Gasteiger partial charge in [-0.2, -0.15) is 0 Å². The molecule has 0 atom stereocenters. The van der Waals surface area contributed by atoms with Crippen molar-refractivity contribution in [2.45, 2.75) is 18.3 Å². The van der Waals surface area contributed by atoms with E-state index in [9.17, 15) is 4.79 Å². The lowest BCUT2D eigenvalue weighted by molar-refractivity contribution is -0.123. The van der Waals surface area contributed by atoms with Crippen molar-refractivity contribution < 1.29 is 4.79 Å². The van der Waals surface area contributed by atoms with Crippen molar-refractivity contribution >= 4 is 29.7 Å². The van der Waals surface area contributed by atoms with Gasteiger partial charge in [-0.25, -0.2) is 0 Å². The molecule has 0 aromatic heterocycles. The third kappa shape index (κ3) is 2.04. The fourth-order valence-corrected chi connectivity index (χ4v) is 3.68. The van der Waals surface area contributed by atoms with E-state index in [0.29, 0.717) is 0 Å². The van der Waals surface area contributed by atoms with Gasteiger partial charge in [-0.1, -0.05) is 36.4 Å². The number of hydrogen-bond acceptors (Lipinski definition) is 2. The van der Waals surface area contributed by atoms with Crippen molar-refractivity contribution in [3.8, 4) is 0 Å². The Balaban J connectivity index is 0.00000144. The largest absolute Gasteiger partial charge is 0.317 e. The number of carbonyl (C=O) groups excluding carboxylic acids is 1. The number of hydrogen-bond donors (Lipinski definition) is 1. The standard InChI is InChI=1S/C18H18N2O.ClH/c21-17-18(10-12-19-13-11-18)15-8-4-5-9-16(15)20(17)14-6-2-1-3-7-14;/h1-9,19H,10-13H2;1H. The molecule has 2 aromatic rings. The topological polar surface area (TPSA) is 32.3 Å². The lowest BCUT2D eigenvalue weighted by atomic mass is 9.74. The molecule has 0 bridgehead atoms. The van der Waals surface area contributed by atoms with Crippen LogP contribution in [0, 0.1) is 0 Å². The molecule has 0 radical (unpaired) electrons. The molecular weight excluding hydrogens is 296 g/mol. The summed E-state index contributed by atoms with van der Waals surface area (Å²) in [7, 11) is 0. The molecular formula is C18H19ClN2O. The molecule has 1 saturated heterocycles. The van der Waals surface area contributed by atoms with E-state index in [1.165, 1.54) is 5.56 Å². The van der Waals surface area contributed by atoms with E-state index in [0.717, 1.165) is 37.3 Å². The Hall–Kier alpha value is -1.84. The second kappa shape index (κ2) is 5.75. The number of amides is 1. The number of para-hydroxylation sites is 2. The van der Waals surface area contributed by atoms with Gasteiger partial charge in [-0.05, 0) is 49.7 Å². The van der Waals surface area contributed by atoms with Crippen LogP contribution in [-0.4, -0.2) is 19.0 Å². The average Bonchev–Trinajstić information content (AvgIpc) is 2.79. The summed E-state index contributed by atoms with van der Waals surface area (Å²) in [6.45, 7) is 1.81. The Morgan fingerprint density at radius 3 is 2.27 bits per heavy atom. The number of carbonyl (C=O) groups is 1. The van der Waals surface area contributed by atoms with Gasteiger partial charge < -0.3 is 5.32 Å². The molecule has 114 valence electrons. The smallest absolute Gasteiger partial charge is 0.242 e. The maximum atomic E-state index is 13.2. The summed E-state index contributed by atoms with van der Waals surface area (Å²) in [5.41, 5.74) is 2.87. The first kappa shape index (κ1) is 15.1. The van der Waals surface area contributed by atoms with Gasteiger partial charge in [0, 0.05) is 5.69 Å². The number of rotatable bonds is 1. The highest BCUT2D eigenvalue weighted by Gasteiger charge is 2.51. The lowest BCUT2D eigenvalue weighted by Crippen LogP contribution is -2.46. The summed E-state index contributed by atoms with van der Waals surface area (Å²) in [6, 6.07) is 18.2. The third-order valence-corrected chi connectivity index (χ3v) is 4.74. The van der Waals surface area contributed by atoms with Crippen LogP contribution in [0.5, 0.6) is 0 Å². The maximum Gasteiger partial charge on any atom is 0.242 e. The highest BCUT2D eigenvalue weighted by atomic mass is 35.5. The number of nitrogens with zero attached hydrogens (tertiary/aromatic N) is 1. The van der Waals surface area contributed by atoms with Crippen molar-refractivity contribution in [2.75, 3.05) is 18.0 Å². The highest BCUT2D eigenvalue weighted by Crippen LogP contribution is 2.49. The van der Waals surface area contributed by atoms with Gasteiger partial charge in [-0.3, -0.25) is 9.69 Å². The molecule has 0 aliphatic carbocycles. The Labute approximate surface area is 136 Å². The highest BCUT2D eigenvalue weighted by molar-refractivity contribution is 6.13. The van der Waals surface area contributed by atoms with Crippen molar-refractivity contribution in [3.63, 3.8) is 0 Å². The van der Waals surface area contributed by atoms with Gasteiger partial charge in [0.1, 0.15) is 0 Å². The van der Waals surface area contributed by atoms with Crippen LogP contribution in [0.3, 0.4) is 0 Å². The maximum absolute atomic E-state index is 13.2. The molecule has 1 spiro atoms. The number of fused-ring (bicyclic) bond motifs is 2. The minimum atomic E-state index is -0.336. The molecule has 1 N–H and O–H groups in total. The first-order valence-electron chi connectivity index (χ1n) is 7.53. The molecule has 2 aliphatic heterocycles. The van der Waals surface area contributed by atoms with Crippen LogP contribution in [0.1, 0.15) is 18.4 Å². The molecule has 4 rings (SSSR count). The fourth-order valence-electron chi connectivity index (χ4n) is 3.68. The first-order chi connectivity index (χ1) is 10.3. The van der Waals surface area contributed by atoms with Gasteiger partial charge >= 0.3 is 0 Å². The number of halogens is 1. The average molecular weight is 315 g/mol. The summed E-state index contributed by atoms with van der Waals surface area (Å²) >= 11 is 0. The Kier molecular flexibility index (Phi) is 3.94. The Bertz CT molecular complexity index is 680. The predicted molar refractivity (Wildman–Crippen MR) is 91.1 cm³/mol. The molecule has 1 fully saturated rings. The van der Waals surface area contributed by atoms with Crippen LogP contribution in [0.2, 0.25) is 0 Å². The predicted octanol–water partition coefficient (Wildman–Crippen LogP) is 3.41. The second-order valence-electron chi connectivity index (χ2n) is 5.83. The molecule has 2 aliphatic rings. The normalized spacial score (nSPS) is 18.9. The van der Waals surface area contributed by atoms with Gasteiger partial charge in [0.15, 0.2) is 0 Å². The quantitative estimate of drug-likeness (QED) is 0.875. The van der Waals surface area contributed by atoms with E-state index >= 15 is 0 Å². The first-order valence-corrected chi connectivity index (χ1v) is 7.53. The molecule has 4 heteroatoms. The number of anilines is 2. The van der Waals surface area contributed by atoms with Gasteiger partial charge in [-0.15, -0.1) is 12.4 Å². The Morgan fingerprint density at radius 1 is 0.909 bits per heavy atom. The summed E-state index contributed by atoms with van der Waals surface area (Å²) in [6.07, 6.45) is 1.76. The molecule has 0 unspecified atom stereocenters. The van der Waals surface area contributed by atoms with Crippen LogP contribution in [0.25, 0.3) is 0 Å². The van der Waals surface area contributed by atoms with E-state index in [-0.39, 0.29) is 23.7 Å². The summed E-state index contributed by atoms with van der Waals surface area (Å²) in [4.78, 5) is 15.1. The van der Waals surface area contributed by atoms with Crippen molar-refractivity contribution in [2.24, 2.45) is 0 Å².